The smallest absolute Gasteiger partial charge is 0.422 e. The minimum Gasteiger partial charge on any atom is -0.422 e. The highest BCUT2D eigenvalue weighted by Gasteiger charge is 2.40. The molecule has 0 saturated heterocycles. The molecular weight excluding hydrogens is 268 g/mol. The molecule has 0 saturated carbocycles. The van der Waals surface area contributed by atoms with Gasteiger partial charge in [-0.3, -0.25) is 4.68 Å². The molecule has 2 N–H and O–H groups in total. The molecule has 9 heteroatoms. The normalized spacial score (nSPS) is 11.9. The summed E-state index contributed by atoms with van der Waals surface area (Å²) in [4.78, 5) is 0. The van der Waals surface area contributed by atoms with E-state index in [2.05, 4.69) is 21.0 Å². The lowest BCUT2D eigenvalue weighted by molar-refractivity contribution is -0.144. The van der Waals surface area contributed by atoms with E-state index in [0.717, 1.165) is 7.05 Å². The van der Waals surface area contributed by atoms with Crippen molar-refractivity contribution in [1.82, 2.24) is 9.78 Å². The summed E-state index contributed by atoms with van der Waals surface area (Å²) in [6.07, 6.45) is -4.59. The molecule has 78 valence electrons. The van der Waals surface area contributed by atoms with Crippen LogP contribution < -0.4 is 5.59 Å². The lowest BCUT2D eigenvalue weighted by Gasteiger charge is -2.06. The van der Waals surface area contributed by atoms with Crippen molar-refractivity contribution >= 4 is 28.6 Å². The van der Waals surface area contributed by atoms with Crippen LogP contribution in [0.15, 0.2) is 4.47 Å². The zero-order valence-corrected chi connectivity index (χ0v) is 8.46. The summed E-state index contributed by atoms with van der Waals surface area (Å²) in [5.74, 6) is 0. The van der Waals surface area contributed by atoms with Gasteiger partial charge in [0.25, 0.3) is 0 Å². The summed E-state index contributed by atoms with van der Waals surface area (Å²) in [7, 11) is -0.967. The van der Waals surface area contributed by atoms with Crippen molar-refractivity contribution in [3.63, 3.8) is 0 Å². The van der Waals surface area contributed by atoms with Crippen LogP contribution >= 0.6 is 15.9 Å². The van der Waals surface area contributed by atoms with Crippen LogP contribution in [0.25, 0.3) is 0 Å². The Balaban J connectivity index is 3.33. The second kappa shape index (κ2) is 3.56. The largest absolute Gasteiger partial charge is 0.511 e. The van der Waals surface area contributed by atoms with E-state index in [1.165, 1.54) is 0 Å². The second-order valence-corrected chi connectivity index (χ2v) is 3.34. The zero-order chi connectivity index (χ0) is 11.1. The molecule has 0 aromatic carbocycles. The van der Waals surface area contributed by atoms with Gasteiger partial charge in [-0.15, -0.1) is 0 Å². The SMILES string of the molecule is Cn1nc(B(O)O)c(Br)c1C(F)(F)F. The average Bonchev–Trinajstić information content (AvgIpc) is 2.24. The van der Waals surface area contributed by atoms with Crippen LogP contribution in [0.4, 0.5) is 13.2 Å². The molecule has 0 radical (unpaired) electrons. The molecule has 14 heavy (non-hydrogen) atoms. The fourth-order valence-electron chi connectivity index (χ4n) is 0.992. The van der Waals surface area contributed by atoms with Crippen molar-refractivity contribution in [2.24, 2.45) is 7.05 Å². The van der Waals surface area contributed by atoms with E-state index in [-0.39, 0.29) is 0 Å². The summed E-state index contributed by atoms with van der Waals surface area (Å²) < 4.78 is 37.1. The molecule has 4 nitrogen and oxygen atoms in total. The maximum absolute atomic E-state index is 12.3. The third kappa shape index (κ3) is 1.94. The van der Waals surface area contributed by atoms with Crippen LogP contribution in [0, 0.1) is 0 Å². The Bertz CT molecular complexity index is 351. The molecule has 1 aromatic rings. The summed E-state index contributed by atoms with van der Waals surface area (Å²) in [5, 5.41) is 20.7. The van der Waals surface area contributed by atoms with Crippen LogP contribution in [0.1, 0.15) is 5.69 Å². The molecule has 1 rings (SSSR count). The molecule has 0 fully saturated rings. The van der Waals surface area contributed by atoms with E-state index < -0.39 is 29.1 Å². The third-order valence-corrected chi connectivity index (χ3v) is 2.31. The van der Waals surface area contributed by atoms with Crippen molar-refractivity contribution in [1.29, 1.82) is 0 Å². The zero-order valence-electron chi connectivity index (χ0n) is 6.88. The number of alkyl halides is 3. The first-order valence-corrected chi connectivity index (χ1v) is 4.20. The van der Waals surface area contributed by atoms with Gasteiger partial charge in [-0.25, -0.2) is 0 Å². The number of rotatable bonds is 1. The molecule has 0 unspecified atom stereocenters. The summed E-state index contributed by atoms with van der Waals surface area (Å²) in [6.45, 7) is 0. The monoisotopic (exact) mass is 272 g/mol. The fraction of sp³-hybridized carbons (Fsp3) is 0.400. The highest BCUT2D eigenvalue weighted by atomic mass is 79.9. The number of hydrogen-bond donors (Lipinski definition) is 2. The van der Waals surface area contributed by atoms with Crippen LogP contribution in [-0.2, 0) is 13.2 Å². The van der Waals surface area contributed by atoms with Crippen molar-refractivity contribution in [3.8, 4) is 0 Å². The maximum atomic E-state index is 12.3. The van der Waals surface area contributed by atoms with E-state index in [9.17, 15) is 13.2 Å². The minimum absolute atomic E-state index is 0.456. The van der Waals surface area contributed by atoms with Gasteiger partial charge in [0.2, 0.25) is 0 Å². The molecule has 0 spiro atoms. The Kier molecular flexibility index (Phi) is 2.93. The molecule has 0 aliphatic carbocycles. The molecule has 0 aliphatic rings. The Hall–Kier alpha value is -0.535. The van der Waals surface area contributed by atoms with Gasteiger partial charge in [0.1, 0.15) is 5.59 Å². The predicted octanol–water partition coefficient (Wildman–Crippen LogP) is -0.119. The van der Waals surface area contributed by atoms with E-state index in [0.29, 0.717) is 4.68 Å². The number of aromatic nitrogens is 2. The minimum atomic E-state index is -4.59. The van der Waals surface area contributed by atoms with Crippen LogP contribution in [-0.4, -0.2) is 26.9 Å². The lowest BCUT2D eigenvalue weighted by Crippen LogP contribution is -2.32. The molecule has 0 atom stereocenters. The predicted molar refractivity (Wildman–Crippen MR) is 45.7 cm³/mol. The van der Waals surface area contributed by atoms with Crippen molar-refractivity contribution in [2.45, 2.75) is 6.18 Å². The van der Waals surface area contributed by atoms with Gasteiger partial charge < -0.3 is 10.0 Å². The third-order valence-electron chi connectivity index (χ3n) is 1.53. The Morgan fingerprint density at radius 3 is 2.14 bits per heavy atom. The summed E-state index contributed by atoms with van der Waals surface area (Å²) in [5.41, 5.74) is -1.51. The van der Waals surface area contributed by atoms with Crippen LogP contribution in [0.3, 0.4) is 0 Å². The molecule has 1 heterocycles. The molecule has 0 amide bonds. The number of aryl methyl sites for hydroxylation is 1. The van der Waals surface area contributed by atoms with E-state index in [1.54, 1.807) is 0 Å². The van der Waals surface area contributed by atoms with E-state index in [1.807, 2.05) is 0 Å². The van der Waals surface area contributed by atoms with Gasteiger partial charge in [0.15, 0.2) is 5.69 Å². The summed E-state index contributed by atoms with van der Waals surface area (Å²) >= 11 is 2.62. The van der Waals surface area contributed by atoms with Gasteiger partial charge in [0, 0.05) is 7.05 Å². The van der Waals surface area contributed by atoms with Gasteiger partial charge in [-0.2, -0.15) is 18.3 Å². The van der Waals surface area contributed by atoms with Crippen molar-refractivity contribution < 1.29 is 23.2 Å². The second-order valence-electron chi connectivity index (χ2n) is 2.54. The van der Waals surface area contributed by atoms with E-state index in [4.69, 9.17) is 10.0 Å². The van der Waals surface area contributed by atoms with Crippen LogP contribution in [0.5, 0.6) is 0 Å². The highest BCUT2D eigenvalue weighted by Crippen LogP contribution is 2.33. The average molecular weight is 273 g/mol. The maximum Gasteiger partial charge on any atom is 0.511 e. The van der Waals surface area contributed by atoms with Gasteiger partial charge in [-0.1, -0.05) is 0 Å². The van der Waals surface area contributed by atoms with Crippen molar-refractivity contribution in [2.75, 3.05) is 0 Å². The first-order chi connectivity index (χ1) is 6.25. The molecule has 1 aromatic heterocycles. The lowest BCUT2D eigenvalue weighted by atomic mass is 9.86. The molecule has 0 bridgehead atoms. The van der Waals surface area contributed by atoms with Gasteiger partial charge in [0.05, 0.1) is 4.47 Å². The first-order valence-electron chi connectivity index (χ1n) is 3.41. The number of hydrogen-bond acceptors (Lipinski definition) is 3. The standard InChI is InChI=1S/C5H5BBrF3N2O2/c1-12-3(5(8,9)10)2(7)4(11-12)6(13)14/h13-14H,1H3. The van der Waals surface area contributed by atoms with Crippen molar-refractivity contribution in [3.05, 3.63) is 10.2 Å². The first kappa shape index (κ1) is 11.5. The summed E-state index contributed by atoms with van der Waals surface area (Å²) in [6, 6.07) is 0. The quantitative estimate of drug-likeness (QED) is 0.701. The fourth-order valence-corrected chi connectivity index (χ4v) is 1.76. The molecular formula is C5H5BBrF3N2O2. The van der Waals surface area contributed by atoms with Gasteiger partial charge >= 0.3 is 13.3 Å². The highest BCUT2D eigenvalue weighted by molar-refractivity contribution is 9.10. The molecule has 0 aliphatic heterocycles. The van der Waals surface area contributed by atoms with E-state index >= 15 is 0 Å². The Morgan fingerprint density at radius 2 is 1.93 bits per heavy atom. The Labute approximate surface area is 85.6 Å². The number of nitrogens with zero attached hydrogens (tertiary/aromatic N) is 2. The number of halogens is 4. The topological polar surface area (TPSA) is 58.3 Å². The van der Waals surface area contributed by atoms with Crippen LogP contribution in [0.2, 0.25) is 0 Å². The Morgan fingerprint density at radius 1 is 1.43 bits per heavy atom. The van der Waals surface area contributed by atoms with Gasteiger partial charge in [-0.05, 0) is 15.9 Å².